The van der Waals surface area contributed by atoms with Crippen LogP contribution in [0.15, 0.2) is 242 Å². The molecule has 0 bridgehead atoms. The molecule has 14 heteroatoms. The molecule has 0 saturated heterocycles. The van der Waals surface area contributed by atoms with Gasteiger partial charge in [-0.1, -0.05) is 502 Å². The average Bonchev–Trinajstić information content (AvgIpc) is 1.61. The molecule has 9 aliphatic carbocycles. The summed E-state index contributed by atoms with van der Waals surface area (Å²) in [6.45, 7) is 48.6. The molecule has 0 aliphatic heterocycles. The van der Waals surface area contributed by atoms with Crippen LogP contribution in [0.4, 0.5) is 0 Å². The summed E-state index contributed by atoms with van der Waals surface area (Å²) >= 11 is 6.15. The molecule has 135 heavy (non-hydrogen) atoms. The van der Waals surface area contributed by atoms with Crippen LogP contribution in [0.1, 0.15) is 238 Å². The van der Waals surface area contributed by atoms with E-state index in [1.165, 1.54) is 191 Å². The van der Waals surface area contributed by atoms with E-state index in [9.17, 15) is 0 Å². The third-order valence-corrected chi connectivity index (χ3v) is 119. The molecule has 9 aliphatic rings. The van der Waals surface area contributed by atoms with Crippen LogP contribution in [0.3, 0.4) is 0 Å². The fourth-order valence-electron chi connectivity index (χ4n) is 28.4. The van der Waals surface area contributed by atoms with Crippen LogP contribution in [0.25, 0.3) is 77.5 Å². The van der Waals surface area contributed by atoms with E-state index in [-0.39, 0.29) is 52.6 Å². The smallest absolute Gasteiger partial charge is 1.00 e. The second-order valence-corrected chi connectivity index (χ2v) is 117. The minimum atomic E-state index is -1.70. The summed E-state index contributed by atoms with van der Waals surface area (Å²) in [5, 5.41) is 11.2. The Bertz CT molecular complexity index is 5520. The van der Waals surface area contributed by atoms with Crippen molar-refractivity contribution in [2.24, 2.45) is 35.5 Å². The fourth-order valence-corrected chi connectivity index (χ4v) is 73.7. The Morgan fingerprint density at radius 2 is 0.667 bits per heavy atom. The summed E-state index contributed by atoms with van der Waals surface area (Å²) in [5.41, 5.74) is 22.5. The molecule has 15 unspecified atom stereocenters. The number of unbranched alkanes of at least 4 members (excludes halogenated alkanes) is 3. The molecule has 0 amide bonds. The monoisotopic (exact) mass is 2050 g/mol. The van der Waals surface area contributed by atoms with Gasteiger partial charge in [-0.15, -0.1) is 0 Å². The van der Waals surface area contributed by atoms with Gasteiger partial charge in [0.15, 0.2) is 0 Å². The molecule has 6 saturated carbocycles. The first-order chi connectivity index (χ1) is 62.7. The third kappa shape index (κ3) is 23.2. The van der Waals surface area contributed by atoms with Crippen molar-refractivity contribution in [3.05, 3.63) is 290 Å². The molecular formula is C121H169Cl3Li2Si8Zr+2. The maximum absolute atomic E-state index is 6.97. The minimum Gasteiger partial charge on any atom is 1.00 e. The maximum Gasteiger partial charge on any atom is 1.00 e. The number of allylic oxidation sites excluding steroid dienone is 6. The molecule has 0 aromatic heterocycles. The summed E-state index contributed by atoms with van der Waals surface area (Å²) in [5.74, 6) is 7.64. The number of fused-ring (bicyclic) bond motifs is 8. The van der Waals surface area contributed by atoms with Gasteiger partial charge in [-0.2, -0.15) is 11.1 Å². The largest absolute Gasteiger partial charge is 1.00 e. The zero-order valence-electron chi connectivity index (χ0n) is 88.1. The van der Waals surface area contributed by atoms with Gasteiger partial charge in [0.05, 0.1) is 22.8 Å². The van der Waals surface area contributed by atoms with Gasteiger partial charge < -0.3 is 14.9 Å². The Hall–Kier alpha value is -3.12. The summed E-state index contributed by atoms with van der Waals surface area (Å²) in [6, 6.07) is 77.2. The van der Waals surface area contributed by atoms with Crippen molar-refractivity contribution in [1.29, 1.82) is 0 Å². The van der Waals surface area contributed by atoms with E-state index in [4.69, 9.17) is 28.1 Å². The van der Waals surface area contributed by atoms with E-state index in [1.54, 1.807) is 73.6 Å². The number of halogens is 3. The van der Waals surface area contributed by atoms with Gasteiger partial charge in [0, 0.05) is 30.4 Å². The predicted molar refractivity (Wildman–Crippen MR) is 615 cm³/mol. The van der Waals surface area contributed by atoms with Crippen molar-refractivity contribution in [3.8, 4) is 22.3 Å². The summed E-state index contributed by atoms with van der Waals surface area (Å²) in [6.07, 6.45) is 54.3. The van der Waals surface area contributed by atoms with Crippen LogP contribution in [-0.2, 0) is 20.8 Å². The Labute approximate surface area is 877 Å². The van der Waals surface area contributed by atoms with Gasteiger partial charge in [-0.05, 0) is 223 Å². The Kier molecular flexibility index (Phi) is 40.1. The molecule has 710 valence electrons. The molecule has 0 radical (unpaired) electrons. The second-order valence-electron chi connectivity index (χ2n) is 46.9. The van der Waals surface area contributed by atoms with Gasteiger partial charge in [0.2, 0.25) is 0 Å². The van der Waals surface area contributed by atoms with E-state index < -0.39 is 80.9 Å². The van der Waals surface area contributed by atoms with Crippen LogP contribution in [0.5, 0.6) is 0 Å². The molecule has 15 atom stereocenters. The van der Waals surface area contributed by atoms with E-state index >= 15 is 0 Å². The van der Waals surface area contributed by atoms with Crippen LogP contribution < -0.4 is 37.7 Å². The molecule has 0 heterocycles. The van der Waals surface area contributed by atoms with Crippen LogP contribution in [0, 0.1) is 50.4 Å². The number of benzene rings is 10. The molecule has 6 fully saturated rings. The second kappa shape index (κ2) is 48.3. The third-order valence-electron chi connectivity index (χ3n) is 38.9. The van der Waals surface area contributed by atoms with Crippen molar-refractivity contribution >= 4 is 143 Å². The fraction of sp³-hybridized carbons (Fsp3) is 0.488. The van der Waals surface area contributed by atoms with Crippen LogP contribution in [0.2, 0.25) is 132 Å². The number of hydrogen-bond acceptors (Lipinski definition) is 0. The molecule has 10 aromatic carbocycles. The average molecular weight is 2060 g/mol. The Morgan fingerprint density at radius 3 is 1.07 bits per heavy atom. The van der Waals surface area contributed by atoms with Gasteiger partial charge in [0.1, 0.15) is 6.90 Å². The number of rotatable bonds is 24. The summed E-state index contributed by atoms with van der Waals surface area (Å²) in [7, 11) is 0.153. The summed E-state index contributed by atoms with van der Waals surface area (Å²) < 4.78 is 0. The van der Waals surface area contributed by atoms with E-state index in [1.807, 2.05) is 0 Å². The van der Waals surface area contributed by atoms with E-state index in [2.05, 4.69) is 374 Å². The van der Waals surface area contributed by atoms with Crippen molar-refractivity contribution in [1.82, 2.24) is 0 Å². The first kappa shape index (κ1) is 112. The van der Waals surface area contributed by atoms with E-state index in [0.29, 0.717) is 16.6 Å². The van der Waals surface area contributed by atoms with Crippen molar-refractivity contribution in [2.45, 2.75) is 337 Å². The standard InChI is InChI=1S/2C32H50Si2.C32H38Si2.C23H25ClSi2.2CH3.2ClH.2Li.Zr/c3*1-6-7-12-24-19-20-26(23-24)33(2,3)34(4,5)32-22-21-30-29(17-11-18-31(30)32)28-16-10-14-25-13-8-9-15-27(25)28;1-25(2,26(3,4)24)23-16-15-21-20(13-8-14-22(21)23)19-12-7-10-17-9-5-6-11-18(17)19;;;;;;;/h2*8-10,13-16,24,26,29-32H,6-7,11-12,17-23H2,1-5H3;8-11,13-23,26,32H,6-7,12H2,1-5H3;5-16,23H,1-4H3;2*1H3;2*1H;;;/q;;;;2*-1;;;2*+1;+4/p-2. The first-order valence-electron chi connectivity index (χ1n) is 52.3. The van der Waals surface area contributed by atoms with Gasteiger partial charge >= 0.3 is 75.6 Å². The zero-order chi connectivity index (χ0) is 93.0. The molecule has 10 aromatic rings. The quantitative estimate of drug-likeness (QED) is 0.0321. The minimum absolute atomic E-state index is 0. The van der Waals surface area contributed by atoms with Crippen molar-refractivity contribution in [3.63, 3.8) is 0 Å². The molecular weight excluding hydrogens is 1890 g/mol. The zero-order valence-corrected chi connectivity index (χ0v) is 101. The Morgan fingerprint density at radius 1 is 0.319 bits per heavy atom. The van der Waals surface area contributed by atoms with Crippen LogP contribution in [-0.4, -0.2) is 60.0 Å². The predicted octanol–water partition coefficient (Wildman–Crippen LogP) is 34.1. The van der Waals surface area contributed by atoms with Crippen LogP contribution >= 0.6 is 28.1 Å². The number of hydrogen-bond donors (Lipinski definition) is 0. The Balaban J connectivity index is 0.000000170. The van der Waals surface area contributed by atoms with Gasteiger partial charge in [-0.3, -0.25) is 0 Å². The summed E-state index contributed by atoms with van der Waals surface area (Å²) in [4.78, 5) is 0. The van der Waals surface area contributed by atoms with Gasteiger partial charge in [-0.25, -0.2) is 0 Å². The first-order valence-corrected chi connectivity index (χ1v) is 88.2. The maximum atomic E-state index is 6.97. The molecule has 0 nitrogen and oxygen atoms in total. The molecule has 0 N–H and O–H groups in total. The topological polar surface area (TPSA) is 0 Å². The molecule has 0 spiro atoms. The normalized spacial score (nSPS) is 24.5. The van der Waals surface area contributed by atoms with Gasteiger partial charge in [0.25, 0.3) is 0 Å². The van der Waals surface area contributed by atoms with Crippen molar-refractivity contribution in [2.75, 3.05) is 0 Å². The SMILES string of the molecule is CCCCC1=CC([Si](C)(C)[Si](C)(C)C2C=Cc3c(-c4cccc5ccccc45)cccc32)C=C1.CCCCC1CCC([Si](C)(C)[Si](C)(C)C2CCC3C(c4cccc5ccccc45)CCCC32)C1.CCCCC1CCC([Si](C)(C)[Si](C)(C)C2CCC3C(c4cccc5ccccc45)CCCC32)C1.C[Si](C)(Cl)[Si](C)(C)C1C=Cc2c(-c3cccc4ccccc34)cccc21.[CH3-].[CH3-].[Cl][Zr+2][Cl].[Li+].[Li+]. The van der Waals surface area contributed by atoms with E-state index in [0.717, 1.165) is 69.5 Å². The molecule has 19 rings (SSSR count). The van der Waals surface area contributed by atoms with Crippen molar-refractivity contribution < 1.29 is 58.6 Å².